The van der Waals surface area contributed by atoms with E-state index in [4.69, 9.17) is 21.1 Å². The standard InChI is InChI=1S/C26H31ClO2/c1-2-3-4-19-17-28-26(29-18-19)24-11-9-22(10-12-24)20-5-7-21(8-6-20)23-13-15-25(27)16-14-23/h2,5-8,13-16,19,22,24,26H,1,3-4,9-12,17-18H2/t19-,22?,24?,26-. The molecule has 1 aliphatic carbocycles. The highest BCUT2D eigenvalue weighted by atomic mass is 35.5. The van der Waals surface area contributed by atoms with E-state index in [1.807, 2.05) is 18.2 Å². The van der Waals surface area contributed by atoms with Crippen molar-refractivity contribution in [2.45, 2.75) is 50.7 Å². The van der Waals surface area contributed by atoms with Crippen LogP contribution in [-0.2, 0) is 9.47 Å². The van der Waals surface area contributed by atoms with Crippen LogP contribution in [0.3, 0.4) is 0 Å². The monoisotopic (exact) mass is 410 g/mol. The molecule has 0 N–H and O–H groups in total. The molecule has 154 valence electrons. The minimum Gasteiger partial charge on any atom is -0.352 e. The van der Waals surface area contributed by atoms with Crippen molar-refractivity contribution in [1.29, 1.82) is 0 Å². The minimum atomic E-state index is 0.00297. The zero-order valence-electron chi connectivity index (χ0n) is 17.1. The molecule has 0 radical (unpaired) electrons. The van der Waals surface area contributed by atoms with Gasteiger partial charge >= 0.3 is 0 Å². The Balaban J connectivity index is 1.27. The van der Waals surface area contributed by atoms with Gasteiger partial charge in [0, 0.05) is 16.9 Å². The molecule has 4 rings (SSSR count). The average molecular weight is 411 g/mol. The fraction of sp³-hybridized carbons (Fsp3) is 0.462. The van der Waals surface area contributed by atoms with Crippen LogP contribution in [0.2, 0.25) is 5.02 Å². The number of halogens is 1. The van der Waals surface area contributed by atoms with E-state index in [0.717, 1.165) is 31.1 Å². The van der Waals surface area contributed by atoms with E-state index >= 15 is 0 Å². The first-order chi connectivity index (χ1) is 14.2. The second kappa shape index (κ2) is 9.93. The van der Waals surface area contributed by atoms with E-state index in [2.05, 4.69) is 43.0 Å². The number of rotatable bonds is 6. The van der Waals surface area contributed by atoms with Crippen LogP contribution in [0.4, 0.5) is 0 Å². The number of ether oxygens (including phenoxy) is 2. The predicted octanol–water partition coefficient (Wildman–Crippen LogP) is 7.24. The maximum atomic E-state index is 6.08. The van der Waals surface area contributed by atoms with E-state index in [9.17, 15) is 0 Å². The van der Waals surface area contributed by atoms with E-state index in [1.165, 1.54) is 42.4 Å². The quantitative estimate of drug-likeness (QED) is 0.467. The molecule has 2 aromatic rings. The highest BCUT2D eigenvalue weighted by molar-refractivity contribution is 6.30. The molecule has 0 atom stereocenters. The topological polar surface area (TPSA) is 18.5 Å². The normalized spacial score (nSPS) is 27.5. The van der Waals surface area contributed by atoms with E-state index in [0.29, 0.717) is 17.8 Å². The summed E-state index contributed by atoms with van der Waals surface area (Å²) in [4.78, 5) is 0. The lowest BCUT2D eigenvalue weighted by atomic mass is 9.78. The summed E-state index contributed by atoms with van der Waals surface area (Å²) in [6.45, 7) is 5.48. The van der Waals surface area contributed by atoms with Crippen molar-refractivity contribution in [2.24, 2.45) is 11.8 Å². The molecule has 0 bridgehead atoms. The first-order valence-electron chi connectivity index (χ1n) is 10.9. The van der Waals surface area contributed by atoms with Crippen molar-refractivity contribution in [1.82, 2.24) is 0 Å². The average Bonchev–Trinajstić information content (AvgIpc) is 2.79. The lowest BCUT2D eigenvalue weighted by Gasteiger charge is -2.37. The molecule has 1 saturated carbocycles. The van der Waals surface area contributed by atoms with E-state index in [-0.39, 0.29) is 6.29 Å². The second-order valence-corrected chi connectivity index (χ2v) is 8.94. The molecule has 1 aliphatic heterocycles. The molecule has 2 fully saturated rings. The largest absolute Gasteiger partial charge is 0.352 e. The molecule has 0 unspecified atom stereocenters. The van der Waals surface area contributed by atoms with Crippen LogP contribution >= 0.6 is 11.6 Å². The van der Waals surface area contributed by atoms with Gasteiger partial charge in [-0.15, -0.1) is 6.58 Å². The van der Waals surface area contributed by atoms with E-state index < -0.39 is 0 Å². The number of allylic oxidation sites excluding steroid dienone is 1. The number of hydrogen-bond acceptors (Lipinski definition) is 2. The molecular weight excluding hydrogens is 380 g/mol. The van der Waals surface area contributed by atoms with Gasteiger partial charge in [0.25, 0.3) is 0 Å². The second-order valence-electron chi connectivity index (χ2n) is 8.51. The van der Waals surface area contributed by atoms with Gasteiger partial charge in [0.2, 0.25) is 0 Å². The molecule has 3 heteroatoms. The van der Waals surface area contributed by atoms with Crippen LogP contribution < -0.4 is 0 Å². The number of benzene rings is 2. The summed E-state index contributed by atoms with van der Waals surface area (Å²) in [5, 5.41) is 0.778. The summed E-state index contributed by atoms with van der Waals surface area (Å²) in [5.41, 5.74) is 3.91. The lowest BCUT2D eigenvalue weighted by molar-refractivity contribution is -0.229. The highest BCUT2D eigenvalue weighted by Crippen LogP contribution is 2.39. The third-order valence-electron chi connectivity index (χ3n) is 6.49. The molecule has 2 aliphatic rings. The molecule has 0 aromatic heterocycles. The van der Waals surface area contributed by atoms with Gasteiger partial charge in [-0.2, -0.15) is 0 Å². The molecule has 0 amide bonds. The fourth-order valence-electron chi connectivity index (χ4n) is 4.67. The number of hydrogen-bond donors (Lipinski definition) is 0. The highest BCUT2D eigenvalue weighted by Gasteiger charge is 2.32. The molecule has 1 saturated heterocycles. The summed E-state index contributed by atoms with van der Waals surface area (Å²) in [5.74, 6) is 1.72. The first kappa shape index (κ1) is 20.7. The SMILES string of the molecule is C=CCC[C@H]1CO[C@H](C2CCC(c3ccc(-c4ccc(Cl)cc4)cc3)CC2)OC1. The zero-order chi connectivity index (χ0) is 20.1. The third-order valence-corrected chi connectivity index (χ3v) is 6.74. The van der Waals surface area contributed by atoms with Crippen LogP contribution in [-0.4, -0.2) is 19.5 Å². The van der Waals surface area contributed by atoms with Crippen molar-refractivity contribution in [2.75, 3.05) is 13.2 Å². The predicted molar refractivity (Wildman–Crippen MR) is 120 cm³/mol. The Morgan fingerprint density at radius 2 is 1.45 bits per heavy atom. The molecular formula is C26H31ClO2. The Bertz CT molecular complexity index is 767. The fourth-order valence-corrected chi connectivity index (χ4v) is 4.79. The van der Waals surface area contributed by atoms with Crippen LogP contribution in [0.1, 0.15) is 50.0 Å². The van der Waals surface area contributed by atoms with Crippen molar-refractivity contribution >= 4 is 11.6 Å². The molecule has 2 aromatic carbocycles. The Kier molecular flexibility index (Phi) is 7.07. The van der Waals surface area contributed by atoms with Crippen LogP contribution in [0.15, 0.2) is 61.2 Å². The maximum absolute atomic E-state index is 6.08. The van der Waals surface area contributed by atoms with Gasteiger partial charge in [-0.05, 0) is 73.3 Å². The Labute approximate surface area is 179 Å². The minimum absolute atomic E-state index is 0.00297. The van der Waals surface area contributed by atoms with Crippen LogP contribution in [0, 0.1) is 11.8 Å². The van der Waals surface area contributed by atoms with Gasteiger partial charge in [0.05, 0.1) is 13.2 Å². The van der Waals surface area contributed by atoms with E-state index in [1.54, 1.807) is 0 Å². The van der Waals surface area contributed by atoms with Gasteiger partial charge in [-0.1, -0.05) is 54.1 Å². The first-order valence-corrected chi connectivity index (χ1v) is 11.3. The summed E-state index contributed by atoms with van der Waals surface area (Å²) in [6.07, 6.45) is 8.95. The summed E-state index contributed by atoms with van der Waals surface area (Å²) < 4.78 is 12.2. The van der Waals surface area contributed by atoms with Gasteiger partial charge < -0.3 is 9.47 Å². The van der Waals surface area contributed by atoms with Gasteiger partial charge in [-0.25, -0.2) is 0 Å². The summed E-state index contributed by atoms with van der Waals surface area (Å²) in [6, 6.07) is 17.1. The van der Waals surface area contributed by atoms with Crippen LogP contribution in [0.5, 0.6) is 0 Å². The maximum Gasteiger partial charge on any atom is 0.160 e. The third kappa shape index (κ3) is 5.31. The van der Waals surface area contributed by atoms with Gasteiger partial charge in [0.15, 0.2) is 6.29 Å². The molecule has 1 heterocycles. The summed E-state index contributed by atoms with van der Waals surface area (Å²) in [7, 11) is 0. The molecule has 29 heavy (non-hydrogen) atoms. The smallest absolute Gasteiger partial charge is 0.160 e. The van der Waals surface area contributed by atoms with Gasteiger partial charge in [0.1, 0.15) is 0 Å². The van der Waals surface area contributed by atoms with Crippen molar-refractivity contribution in [3.8, 4) is 11.1 Å². The van der Waals surface area contributed by atoms with Crippen molar-refractivity contribution in [3.05, 3.63) is 71.8 Å². The van der Waals surface area contributed by atoms with Crippen molar-refractivity contribution in [3.63, 3.8) is 0 Å². The Morgan fingerprint density at radius 1 is 0.862 bits per heavy atom. The zero-order valence-corrected chi connectivity index (χ0v) is 17.8. The Hall–Kier alpha value is -1.61. The lowest BCUT2D eigenvalue weighted by Crippen LogP contribution is -2.38. The Morgan fingerprint density at radius 3 is 2.03 bits per heavy atom. The van der Waals surface area contributed by atoms with Crippen LogP contribution in [0.25, 0.3) is 11.1 Å². The van der Waals surface area contributed by atoms with Crippen molar-refractivity contribution < 1.29 is 9.47 Å². The molecule has 2 nitrogen and oxygen atoms in total. The van der Waals surface area contributed by atoms with Gasteiger partial charge in [-0.3, -0.25) is 0 Å². The molecule has 0 spiro atoms. The summed E-state index contributed by atoms with van der Waals surface area (Å²) >= 11 is 6.00.